The van der Waals surface area contributed by atoms with Gasteiger partial charge in [0.1, 0.15) is 12.1 Å². The van der Waals surface area contributed by atoms with E-state index < -0.39 is 24.0 Å². The van der Waals surface area contributed by atoms with Gasteiger partial charge in [0.2, 0.25) is 5.91 Å². The summed E-state index contributed by atoms with van der Waals surface area (Å²) in [6.07, 6.45) is 0.204. The van der Waals surface area contributed by atoms with Crippen LogP contribution in [0.15, 0.2) is 30.3 Å². The monoisotopic (exact) mass is 294 g/mol. The zero-order chi connectivity index (χ0) is 14.5. The lowest BCUT2D eigenvalue weighted by Crippen LogP contribution is -2.50. The van der Waals surface area contributed by atoms with E-state index in [0.29, 0.717) is 5.75 Å². The van der Waals surface area contributed by atoms with Gasteiger partial charge in [0.25, 0.3) is 5.24 Å². The lowest BCUT2D eigenvalue weighted by atomic mass is 10.1. The molecule has 7 heteroatoms. The van der Waals surface area contributed by atoms with Gasteiger partial charge in [0.05, 0.1) is 0 Å². The molecule has 1 aromatic carbocycles. The molecule has 6 nitrogen and oxygen atoms in total. The van der Waals surface area contributed by atoms with Crippen LogP contribution in [0.1, 0.15) is 5.56 Å². The molecule has 0 unspecified atom stereocenters. The number of thioether (sulfide) groups is 1. The van der Waals surface area contributed by atoms with Crippen LogP contribution in [0.5, 0.6) is 0 Å². The smallest absolute Gasteiger partial charge is 0.326 e. The van der Waals surface area contributed by atoms with Crippen molar-refractivity contribution in [2.75, 3.05) is 5.75 Å². The Labute approximate surface area is 119 Å². The minimum Gasteiger partial charge on any atom is -0.480 e. The first-order valence-electron chi connectivity index (χ1n) is 6.06. The molecule has 1 aliphatic heterocycles. The van der Waals surface area contributed by atoms with Gasteiger partial charge < -0.3 is 15.7 Å². The number of carboxylic acids is 1. The number of aliphatic carboxylic acids is 1. The zero-order valence-electron chi connectivity index (χ0n) is 10.5. The van der Waals surface area contributed by atoms with Crippen LogP contribution in [0.3, 0.4) is 0 Å². The molecule has 106 valence electrons. The van der Waals surface area contributed by atoms with Crippen LogP contribution in [0.2, 0.25) is 0 Å². The summed E-state index contributed by atoms with van der Waals surface area (Å²) in [4.78, 5) is 34.1. The highest BCUT2D eigenvalue weighted by molar-refractivity contribution is 8.14. The molecule has 3 N–H and O–H groups in total. The third-order valence-corrected chi connectivity index (χ3v) is 3.77. The first-order valence-corrected chi connectivity index (χ1v) is 7.05. The van der Waals surface area contributed by atoms with Gasteiger partial charge in [-0.15, -0.1) is 0 Å². The molecule has 1 fully saturated rings. The third kappa shape index (κ3) is 3.74. The van der Waals surface area contributed by atoms with E-state index in [1.165, 1.54) is 0 Å². The van der Waals surface area contributed by atoms with Gasteiger partial charge in [0.15, 0.2) is 0 Å². The molecule has 2 atom stereocenters. The first-order chi connectivity index (χ1) is 9.56. The van der Waals surface area contributed by atoms with Crippen LogP contribution in [0.4, 0.5) is 4.79 Å². The number of carboxylic acid groups (broad SMARTS) is 1. The summed E-state index contributed by atoms with van der Waals surface area (Å²) < 4.78 is 0. The average Bonchev–Trinajstić information content (AvgIpc) is 2.86. The highest BCUT2D eigenvalue weighted by atomic mass is 32.2. The van der Waals surface area contributed by atoms with E-state index >= 15 is 0 Å². The minimum atomic E-state index is -1.10. The van der Waals surface area contributed by atoms with Gasteiger partial charge in [-0.25, -0.2) is 4.79 Å². The number of nitrogens with one attached hydrogen (secondary N) is 2. The van der Waals surface area contributed by atoms with Crippen molar-refractivity contribution in [3.63, 3.8) is 0 Å². The van der Waals surface area contributed by atoms with E-state index in [2.05, 4.69) is 10.6 Å². The molecule has 1 heterocycles. The van der Waals surface area contributed by atoms with E-state index in [4.69, 9.17) is 0 Å². The fraction of sp³-hybridized carbons (Fsp3) is 0.308. The maximum Gasteiger partial charge on any atom is 0.326 e. The second-order valence-corrected chi connectivity index (χ2v) is 5.38. The summed E-state index contributed by atoms with van der Waals surface area (Å²) in [6.45, 7) is 0. The van der Waals surface area contributed by atoms with Crippen LogP contribution in [-0.2, 0) is 16.0 Å². The highest BCUT2D eigenvalue weighted by Crippen LogP contribution is 2.13. The van der Waals surface area contributed by atoms with Gasteiger partial charge in [0, 0.05) is 12.2 Å². The van der Waals surface area contributed by atoms with Crippen molar-refractivity contribution in [2.45, 2.75) is 18.5 Å². The van der Waals surface area contributed by atoms with Crippen molar-refractivity contribution >= 4 is 28.9 Å². The van der Waals surface area contributed by atoms with Gasteiger partial charge in [-0.1, -0.05) is 42.1 Å². The van der Waals surface area contributed by atoms with Crippen molar-refractivity contribution in [1.29, 1.82) is 0 Å². The van der Waals surface area contributed by atoms with Crippen LogP contribution in [0.25, 0.3) is 0 Å². The molecule has 0 radical (unpaired) electrons. The Morgan fingerprint density at radius 1 is 1.40 bits per heavy atom. The standard InChI is InChI=1S/C13H14N2O4S/c16-11(10-7-20-13(19)15-10)14-9(12(17)18)6-8-4-2-1-3-5-8/h1-5,9-10H,6-7H2,(H,14,16)(H,15,19)(H,17,18)/t9-,10+/m1/s1. The third-order valence-electron chi connectivity index (χ3n) is 2.89. The molecule has 1 aromatic rings. The Morgan fingerprint density at radius 3 is 2.65 bits per heavy atom. The lowest BCUT2D eigenvalue weighted by Gasteiger charge is -2.17. The Balaban J connectivity index is 1.97. The minimum absolute atomic E-state index is 0.204. The Kier molecular flexibility index (Phi) is 4.62. The van der Waals surface area contributed by atoms with E-state index in [1.54, 1.807) is 12.1 Å². The van der Waals surface area contributed by atoms with Crippen LogP contribution in [-0.4, -0.2) is 40.1 Å². The highest BCUT2D eigenvalue weighted by Gasteiger charge is 2.30. The van der Waals surface area contributed by atoms with Crippen molar-refractivity contribution in [3.8, 4) is 0 Å². The van der Waals surface area contributed by atoms with Crippen LogP contribution in [0, 0.1) is 0 Å². The second-order valence-electron chi connectivity index (χ2n) is 4.38. The molecule has 0 spiro atoms. The summed E-state index contributed by atoms with van der Waals surface area (Å²) >= 11 is 1.01. The number of amides is 2. The molecular formula is C13H14N2O4S. The fourth-order valence-corrected chi connectivity index (χ4v) is 2.63. The fourth-order valence-electron chi connectivity index (χ4n) is 1.85. The Morgan fingerprint density at radius 2 is 2.10 bits per heavy atom. The van der Waals surface area contributed by atoms with Crippen molar-refractivity contribution in [2.24, 2.45) is 0 Å². The summed E-state index contributed by atoms with van der Waals surface area (Å²) in [7, 11) is 0. The van der Waals surface area contributed by atoms with Crippen molar-refractivity contribution < 1.29 is 19.5 Å². The zero-order valence-corrected chi connectivity index (χ0v) is 11.4. The van der Waals surface area contributed by atoms with E-state index in [0.717, 1.165) is 17.3 Å². The predicted molar refractivity (Wildman–Crippen MR) is 74.5 cm³/mol. The van der Waals surface area contributed by atoms with E-state index in [1.807, 2.05) is 18.2 Å². The van der Waals surface area contributed by atoms with E-state index in [9.17, 15) is 19.5 Å². The van der Waals surface area contributed by atoms with Crippen LogP contribution >= 0.6 is 11.8 Å². The molecule has 0 aliphatic carbocycles. The Hall–Kier alpha value is -2.02. The molecule has 0 aromatic heterocycles. The topological polar surface area (TPSA) is 95.5 Å². The largest absolute Gasteiger partial charge is 0.480 e. The number of hydrogen-bond donors (Lipinski definition) is 3. The number of benzene rings is 1. The van der Waals surface area contributed by atoms with Gasteiger partial charge in [-0.2, -0.15) is 0 Å². The number of carbonyl (C=O) groups excluding carboxylic acids is 2. The maximum absolute atomic E-state index is 11.9. The van der Waals surface area contributed by atoms with Gasteiger partial charge >= 0.3 is 5.97 Å². The molecule has 0 bridgehead atoms. The van der Waals surface area contributed by atoms with Crippen molar-refractivity contribution in [1.82, 2.24) is 10.6 Å². The molecule has 2 rings (SSSR count). The second kappa shape index (κ2) is 6.42. The molecule has 2 amide bonds. The van der Waals surface area contributed by atoms with Crippen molar-refractivity contribution in [3.05, 3.63) is 35.9 Å². The normalized spacial score (nSPS) is 19.2. The summed E-state index contributed by atoms with van der Waals surface area (Å²) in [5.41, 5.74) is 0.824. The van der Waals surface area contributed by atoms with Gasteiger partial charge in [-0.05, 0) is 5.56 Å². The molecule has 0 saturated carbocycles. The maximum atomic E-state index is 11.9. The summed E-state index contributed by atoms with van der Waals surface area (Å²) in [5, 5.41) is 13.8. The van der Waals surface area contributed by atoms with Gasteiger partial charge in [-0.3, -0.25) is 9.59 Å². The quantitative estimate of drug-likeness (QED) is 0.740. The number of hydrogen-bond acceptors (Lipinski definition) is 4. The molecule has 1 saturated heterocycles. The first kappa shape index (κ1) is 14.4. The number of rotatable bonds is 5. The van der Waals surface area contributed by atoms with Crippen LogP contribution < -0.4 is 10.6 Å². The Bertz CT molecular complexity index is 520. The molecule has 1 aliphatic rings. The molecular weight excluding hydrogens is 280 g/mol. The predicted octanol–water partition coefficient (Wildman–Crippen LogP) is 0.623. The summed E-state index contributed by atoms with van der Waals surface area (Å²) in [6, 6.07) is 7.39. The number of carbonyl (C=O) groups is 3. The lowest BCUT2D eigenvalue weighted by molar-refractivity contribution is -0.141. The SMILES string of the molecule is O=C1N[C@H](C(=O)N[C@H](Cc2ccccc2)C(=O)O)CS1. The van der Waals surface area contributed by atoms with E-state index in [-0.39, 0.29) is 11.7 Å². The summed E-state index contributed by atoms with van der Waals surface area (Å²) in [5.74, 6) is -1.24. The average molecular weight is 294 g/mol. The molecule has 20 heavy (non-hydrogen) atoms.